The molecule has 0 spiro atoms. The van der Waals surface area contributed by atoms with Crippen LogP contribution in [0.3, 0.4) is 0 Å². The Morgan fingerprint density at radius 3 is 2.58 bits per heavy atom. The van der Waals surface area contributed by atoms with Crippen LogP contribution in [0.2, 0.25) is 0 Å². The van der Waals surface area contributed by atoms with Gasteiger partial charge in [-0.3, -0.25) is 10.1 Å². The van der Waals surface area contributed by atoms with Crippen LogP contribution in [0.15, 0.2) is 0 Å². The van der Waals surface area contributed by atoms with Gasteiger partial charge in [0.05, 0.1) is 0 Å². The van der Waals surface area contributed by atoms with Gasteiger partial charge in [0.15, 0.2) is 0 Å². The first kappa shape index (κ1) is 8.99. The van der Waals surface area contributed by atoms with Gasteiger partial charge < -0.3 is 9.80 Å². The summed E-state index contributed by atoms with van der Waals surface area (Å²) in [6.07, 6.45) is 0. The number of urea groups is 1. The maximum atomic E-state index is 11.0. The average Bonchev–Trinajstić information content (AvgIpc) is 2.26. The second kappa shape index (κ2) is 3.53. The third-order valence-corrected chi connectivity index (χ3v) is 1.69. The fourth-order valence-corrected chi connectivity index (χ4v) is 0.984. The molecule has 3 amide bonds. The van der Waals surface area contributed by atoms with Gasteiger partial charge in [-0.15, -0.1) is 0 Å². The Hall–Kier alpha value is -1.10. The second-order valence-electron chi connectivity index (χ2n) is 3.08. The molecule has 0 unspecified atom stereocenters. The molecule has 1 heterocycles. The number of hydrogen-bond acceptors (Lipinski definition) is 3. The number of rotatable bonds is 3. The molecule has 1 aliphatic heterocycles. The van der Waals surface area contributed by atoms with Gasteiger partial charge in [0, 0.05) is 13.1 Å². The first-order chi connectivity index (χ1) is 5.59. The highest BCUT2D eigenvalue weighted by molar-refractivity contribution is 6.01. The number of nitrogens with one attached hydrogen (secondary N) is 1. The maximum absolute atomic E-state index is 11.0. The zero-order valence-electron chi connectivity index (χ0n) is 7.33. The zero-order chi connectivity index (χ0) is 9.14. The lowest BCUT2D eigenvalue weighted by Crippen LogP contribution is -2.34. The first-order valence-corrected chi connectivity index (χ1v) is 3.83. The summed E-state index contributed by atoms with van der Waals surface area (Å²) in [6.45, 7) is 1.58. The molecule has 0 aliphatic carbocycles. The summed E-state index contributed by atoms with van der Waals surface area (Å²) in [6, 6.07) is -0.276. The van der Waals surface area contributed by atoms with Crippen LogP contribution in [0.25, 0.3) is 0 Å². The summed E-state index contributed by atoms with van der Waals surface area (Å²) in [7, 11) is 3.85. The van der Waals surface area contributed by atoms with Crippen LogP contribution in [0.5, 0.6) is 0 Å². The lowest BCUT2D eigenvalue weighted by Gasteiger charge is -2.16. The van der Waals surface area contributed by atoms with Gasteiger partial charge >= 0.3 is 6.03 Å². The van der Waals surface area contributed by atoms with Gasteiger partial charge in [0.25, 0.3) is 0 Å². The van der Waals surface area contributed by atoms with Crippen molar-refractivity contribution in [3.8, 4) is 0 Å². The molecular formula is C7H13N3O2. The monoisotopic (exact) mass is 171 g/mol. The fourth-order valence-electron chi connectivity index (χ4n) is 0.984. The summed E-state index contributed by atoms with van der Waals surface area (Å²) in [5, 5.41) is 2.22. The number of carbonyl (C=O) groups excluding carboxylic acids is 2. The van der Waals surface area contributed by atoms with Crippen LogP contribution in [-0.4, -0.2) is 55.5 Å². The number of hydrogen-bond donors (Lipinski definition) is 1. The summed E-state index contributed by atoms with van der Waals surface area (Å²) in [5.74, 6) is -0.209. The Kier molecular flexibility index (Phi) is 2.65. The molecule has 1 aliphatic rings. The second-order valence-corrected chi connectivity index (χ2v) is 3.08. The van der Waals surface area contributed by atoms with Gasteiger partial charge in [-0.25, -0.2) is 4.79 Å². The number of carbonyl (C=O) groups is 2. The minimum atomic E-state index is -0.276. The lowest BCUT2D eigenvalue weighted by atomic mass is 10.5. The third kappa shape index (κ3) is 2.20. The fraction of sp³-hybridized carbons (Fsp3) is 0.714. The lowest BCUT2D eigenvalue weighted by molar-refractivity contribution is -0.118. The molecule has 0 bridgehead atoms. The number of imide groups is 1. The summed E-state index contributed by atoms with van der Waals surface area (Å²) < 4.78 is 0. The van der Waals surface area contributed by atoms with E-state index in [9.17, 15) is 9.59 Å². The van der Waals surface area contributed by atoms with E-state index in [1.54, 1.807) is 0 Å². The van der Waals surface area contributed by atoms with E-state index in [0.717, 1.165) is 6.54 Å². The topological polar surface area (TPSA) is 52.6 Å². The molecule has 5 heteroatoms. The van der Waals surface area contributed by atoms with Gasteiger partial charge in [-0.1, -0.05) is 0 Å². The van der Waals surface area contributed by atoms with Gasteiger partial charge in [0.1, 0.15) is 6.54 Å². The number of nitrogens with zero attached hydrogens (tertiary/aromatic N) is 2. The van der Waals surface area contributed by atoms with E-state index < -0.39 is 0 Å². The molecule has 0 atom stereocenters. The van der Waals surface area contributed by atoms with E-state index in [1.807, 2.05) is 19.0 Å². The van der Waals surface area contributed by atoms with E-state index in [-0.39, 0.29) is 18.5 Å². The number of likely N-dealkylation sites (N-methyl/N-ethyl adjacent to an activating group) is 1. The van der Waals surface area contributed by atoms with Crippen molar-refractivity contribution in [1.82, 2.24) is 15.1 Å². The van der Waals surface area contributed by atoms with E-state index in [0.29, 0.717) is 6.54 Å². The predicted octanol–water partition coefficient (Wildman–Crippen LogP) is -0.900. The Labute approximate surface area is 71.3 Å². The van der Waals surface area contributed by atoms with Gasteiger partial charge in [0.2, 0.25) is 5.91 Å². The third-order valence-electron chi connectivity index (χ3n) is 1.69. The van der Waals surface area contributed by atoms with Crippen molar-refractivity contribution in [2.24, 2.45) is 0 Å². The van der Waals surface area contributed by atoms with Crippen molar-refractivity contribution in [2.75, 3.05) is 33.7 Å². The Morgan fingerprint density at radius 2 is 2.17 bits per heavy atom. The molecule has 0 aromatic heterocycles. The molecule has 1 N–H and O–H groups in total. The van der Waals surface area contributed by atoms with Crippen molar-refractivity contribution in [1.29, 1.82) is 0 Å². The Bertz CT molecular complexity index is 203. The summed E-state index contributed by atoms with van der Waals surface area (Å²) in [4.78, 5) is 25.2. The minimum absolute atomic E-state index is 0.201. The molecule has 12 heavy (non-hydrogen) atoms. The quantitative estimate of drug-likeness (QED) is 0.560. The molecule has 1 fully saturated rings. The van der Waals surface area contributed by atoms with Crippen LogP contribution < -0.4 is 5.32 Å². The Morgan fingerprint density at radius 1 is 1.50 bits per heavy atom. The van der Waals surface area contributed by atoms with Crippen LogP contribution in [-0.2, 0) is 4.79 Å². The molecule has 1 saturated heterocycles. The molecule has 0 radical (unpaired) electrons. The highest BCUT2D eigenvalue weighted by atomic mass is 16.2. The van der Waals surface area contributed by atoms with Crippen LogP contribution in [0.1, 0.15) is 0 Å². The zero-order valence-corrected chi connectivity index (χ0v) is 7.33. The van der Waals surface area contributed by atoms with Crippen LogP contribution in [0.4, 0.5) is 4.79 Å². The largest absolute Gasteiger partial charge is 0.324 e. The molecule has 5 nitrogen and oxygen atoms in total. The summed E-state index contributed by atoms with van der Waals surface area (Å²) >= 11 is 0. The highest BCUT2D eigenvalue weighted by Gasteiger charge is 2.25. The maximum Gasteiger partial charge on any atom is 0.324 e. The molecule has 68 valence electrons. The SMILES string of the molecule is CN(C)CCN1CC(=O)NC1=O. The van der Waals surface area contributed by atoms with Crippen molar-refractivity contribution < 1.29 is 9.59 Å². The van der Waals surface area contributed by atoms with Crippen molar-refractivity contribution in [3.63, 3.8) is 0 Å². The Balaban J connectivity index is 2.33. The van der Waals surface area contributed by atoms with E-state index in [4.69, 9.17) is 0 Å². The standard InChI is InChI=1S/C7H13N3O2/c1-9(2)3-4-10-5-6(11)8-7(10)12/h3-5H2,1-2H3,(H,8,11,12). The van der Waals surface area contributed by atoms with Crippen molar-refractivity contribution in [3.05, 3.63) is 0 Å². The number of amides is 3. The van der Waals surface area contributed by atoms with Crippen molar-refractivity contribution in [2.45, 2.75) is 0 Å². The average molecular weight is 171 g/mol. The highest BCUT2D eigenvalue weighted by Crippen LogP contribution is 1.96. The van der Waals surface area contributed by atoms with Crippen LogP contribution in [0, 0.1) is 0 Å². The van der Waals surface area contributed by atoms with Crippen molar-refractivity contribution >= 4 is 11.9 Å². The van der Waals surface area contributed by atoms with Crippen LogP contribution >= 0.6 is 0 Å². The first-order valence-electron chi connectivity index (χ1n) is 3.83. The summed E-state index contributed by atoms with van der Waals surface area (Å²) in [5.41, 5.74) is 0. The van der Waals surface area contributed by atoms with Gasteiger partial charge in [-0.2, -0.15) is 0 Å². The normalized spacial score (nSPS) is 17.4. The molecule has 0 aromatic carbocycles. The molecule has 1 rings (SSSR count). The van der Waals surface area contributed by atoms with E-state index in [2.05, 4.69) is 5.32 Å². The minimum Gasteiger partial charge on any atom is -0.314 e. The molecule has 0 saturated carbocycles. The smallest absolute Gasteiger partial charge is 0.314 e. The van der Waals surface area contributed by atoms with E-state index in [1.165, 1.54) is 4.90 Å². The van der Waals surface area contributed by atoms with E-state index >= 15 is 0 Å². The molecule has 0 aromatic rings. The van der Waals surface area contributed by atoms with Gasteiger partial charge in [-0.05, 0) is 14.1 Å². The predicted molar refractivity (Wildman–Crippen MR) is 43.7 cm³/mol. The molecular weight excluding hydrogens is 158 g/mol.